The minimum atomic E-state index is -1.57. The fraction of sp³-hybridized carbons (Fsp3) is 0.636. The third-order valence-corrected chi connectivity index (χ3v) is 5.57. The highest BCUT2D eigenvalue weighted by molar-refractivity contribution is 5.98. The number of carbonyl (C=O) groups is 2. The molecule has 2 aliphatic heterocycles. The summed E-state index contributed by atoms with van der Waals surface area (Å²) in [5, 5.41) is 2.72. The molecule has 0 spiro atoms. The van der Waals surface area contributed by atoms with Crippen molar-refractivity contribution in [2.75, 3.05) is 32.0 Å². The summed E-state index contributed by atoms with van der Waals surface area (Å²) in [4.78, 5) is 26.5. The van der Waals surface area contributed by atoms with Crippen LogP contribution in [0.3, 0.4) is 0 Å². The average molecular weight is 422 g/mol. The fourth-order valence-corrected chi connectivity index (χ4v) is 3.81. The van der Waals surface area contributed by atoms with Gasteiger partial charge >= 0.3 is 6.09 Å². The first-order valence-electron chi connectivity index (χ1n) is 10.5. The van der Waals surface area contributed by atoms with Crippen LogP contribution >= 0.6 is 0 Å². The number of piperidine rings is 1. The quantitative estimate of drug-likeness (QED) is 0.730. The number of halogens is 1. The molecule has 0 unspecified atom stereocenters. The highest BCUT2D eigenvalue weighted by Crippen LogP contribution is 2.36. The standard InChI is InChI=1S/C22H32FN3O4/c1-14-12-16(18-15(17(14)24)6-5-11-29-18)19(27)25-13-22(23)7-9-26(10-8-22)20(28)30-21(2,3)4/h12H,5-11,13,24H2,1-4H3,(H,25,27). The van der Waals surface area contributed by atoms with Gasteiger partial charge in [0.25, 0.3) is 5.91 Å². The first-order chi connectivity index (χ1) is 14.0. The van der Waals surface area contributed by atoms with Crippen molar-refractivity contribution in [1.82, 2.24) is 10.2 Å². The van der Waals surface area contributed by atoms with E-state index in [9.17, 15) is 9.59 Å². The molecule has 166 valence electrons. The number of nitrogens with one attached hydrogen (secondary N) is 1. The maximum Gasteiger partial charge on any atom is 0.410 e. The number of nitrogens with two attached hydrogens (primary N) is 1. The number of hydrogen-bond donors (Lipinski definition) is 2. The van der Waals surface area contributed by atoms with Crippen LogP contribution in [0.5, 0.6) is 5.75 Å². The number of nitrogens with zero attached hydrogens (tertiary/aromatic N) is 1. The second-order valence-corrected chi connectivity index (χ2v) is 9.22. The van der Waals surface area contributed by atoms with Crippen molar-refractivity contribution in [3.8, 4) is 5.75 Å². The molecule has 1 fully saturated rings. The Labute approximate surface area is 177 Å². The van der Waals surface area contributed by atoms with Crippen molar-refractivity contribution in [1.29, 1.82) is 0 Å². The van der Waals surface area contributed by atoms with Gasteiger partial charge in [-0.25, -0.2) is 9.18 Å². The van der Waals surface area contributed by atoms with Crippen LogP contribution in [0.15, 0.2) is 6.07 Å². The van der Waals surface area contributed by atoms with Gasteiger partial charge in [0.05, 0.1) is 18.7 Å². The number of alkyl halides is 1. The van der Waals surface area contributed by atoms with Crippen molar-refractivity contribution in [3.63, 3.8) is 0 Å². The zero-order valence-electron chi connectivity index (χ0n) is 18.3. The number of fused-ring (bicyclic) bond motifs is 1. The molecule has 0 atom stereocenters. The van der Waals surface area contributed by atoms with Crippen molar-refractivity contribution < 1.29 is 23.5 Å². The van der Waals surface area contributed by atoms with Gasteiger partial charge in [-0.2, -0.15) is 0 Å². The average Bonchev–Trinajstić information content (AvgIpc) is 2.68. The number of nitrogen functional groups attached to an aromatic ring is 1. The fourth-order valence-electron chi connectivity index (χ4n) is 3.81. The van der Waals surface area contributed by atoms with E-state index in [-0.39, 0.29) is 38.4 Å². The molecule has 30 heavy (non-hydrogen) atoms. The van der Waals surface area contributed by atoms with E-state index in [1.165, 1.54) is 4.90 Å². The largest absolute Gasteiger partial charge is 0.492 e. The Morgan fingerprint density at radius 1 is 1.33 bits per heavy atom. The summed E-state index contributed by atoms with van der Waals surface area (Å²) < 4.78 is 26.3. The number of anilines is 1. The summed E-state index contributed by atoms with van der Waals surface area (Å²) in [6.45, 7) is 8.16. The van der Waals surface area contributed by atoms with Crippen molar-refractivity contribution in [2.24, 2.45) is 0 Å². The predicted octanol–water partition coefficient (Wildman–Crippen LogP) is 3.37. The van der Waals surface area contributed by atoms with Crippen molar-refractivity contribution in [3.05, 3.63) is 22.8 Å². The molecule has 0 saturated carbocycles. The minimum absolute atomic E-state index is 0.119. The minimum Gasteiger partial charge on any atom is -0.492 e. The van der Waals surface area contributed by atoms with Gasteiger partial charge in [0.15, 0.2) is 0 Å². The van der Waals surface area contributed by atoms with E-state index in [2.05, 4.69) is 5.32 Å². The van der Waals surface area contributed by atoms with E-state index in [0.717, 1.165) is 24.0 Å². The van der Waals surface area contributed by atoms with Crippen LogP contribution < -0.4 is 15.8 Å². The molecule has 0 aliphatic carbocycles. The molecular formula is C22H32FN3O4. The maximum atomic E-state index is 15.3. The molecule has 3 rings (SSSR count). The molecule has 1 saturated heterocycles. The van der Waals surface area contributed by atoms with Gasteiger partial charge in [-0.05, 0) is 52.2 Å². The molecule has 1 aromatic rings. The van der Waals surface area contributed by atoms with Crippen LogP contribution in [0.25, 0.3) is 0 Å². The molecule has 2 aliphatic rings. The van der Waals surface area contributed by atoms with Gasteiger partial charge in [0.2, 0.25) is 0 Å². The number of rotatable bonds is 3. The van der Waals surface area contributed by atoms with Gasteiger partial charge in [-0.3, -0.25) is 4.79 Å². The lowest BCUT2D eigenvalue weighted by Crippen LogP contribution is -2.50. The highest BCUT2D eigenvalue weighted by Gasteiger charge is 2.38. The zero-order valence-corrected chi connectivity index (χ0v) is 18.3. The normalized spacial score (nSPS) is 18.2. The lowest BCUT2D eigenvalue weighted by Gasteiger charge is -2.37. The van der Waals surface area contributed by atoms with E-state index in [4.69, 9.17) is 15.2 Å². The van der Waals surface area contributed by atoms with Crippen LogP contribution in [0.2, 0.25) is 0 Å². The Hall–Kier alpha value is -2.51. The van der Waals surface area contributed by atoms with E-state index in [0.29, 0.717) is 23.6 Å². The number of amides is 2. The molecule has 3 N–H and O–H groups in total. The number of ether oxygens (including phenoxy) is 2. The third-order valence-electron chi connectivity index (χ3n) is 5.57. The van der Waals surface area contributed by atoms with E-state index >= 15 is 4.39 Å². The first-order valence-corrected chi connectivity index (χ1v) is 10.5. The summed E-state index contributed by atoms with van der Waals surface area (Å²) in [7, 11) is 0. The first kappa shape index (κ1) is 22.2. The topological polar surface area (TPSA) is 93.9 Å². The van der Waals surface area contributed by atoms with E-state index in [1.54, 1.807) is 26.8 Å². The molecule has 0 bridgehead atoms. The highest BCUT2D eigenvalue weighted by atomic mass is 19.1. The van der Waals surface area contributed by atoms with E-state index in [1.807, 2.05) is 6.92 Å². The summed E-state index contributed by atoms with van der Waals surface area (Å²) in [6, 6.07) is 1.70. The van der Waals surface area contributed by atoms with Crippen molar-refractivity contribution >= 4 is 17.7 Å². The molecular weight excluding hydrogens is 389 g/mol. The Kier molecular flexibility index (Phi) is 6.15. The van der Waals surface area contributed by atoms with Crippen LogP contribution in [0.1, 0.15) is 61.5 Å². The second-order valence-electron chi connectivity index (χ2n) is 9.22. The summed E-state index contributed by atoms with van der Waals surface area (Å²) >= 11 is 0. The molecule has 0 radical (unpaired) electrons. The molecule has 1 aromatic carbocycles. The van der Waals surface area contributed by atoms with Gasteiger partial charge < -0.3 is 25.4 Å². The molecule has 2 heterocycles. The molecule has 2 amide bonds. The van der Waals surface area contributed by atoms with Crippen LogP contribution in [0.4, 0.5) is 14.9 Å². The zero-order chi connectivity index (χ0) is 22.1. The number of benzene rings is 1. The van der Waals surface area contributed by atoms with Gasteiger partial charge in [-0.1, -0.05) is 0 Å². The van der Waals surface area contributed by atoms with Gasteiger partial charge in [0.1, 0.15) is 17.0 Å². The number of carbonyl (C=O) groups excluding carboxylic acids is 2. The van der Waals surface area contributed by atoms with Crippen LogP contribution in [0, 0.1) is 6.92 Å². The summed E-state index contributed by atoms with van der Waals surface area (Å²) in [6.07, 6.45) is 1.46. The number of aryl methyl sites for hydroxylation is 1. The number of hydrogen-bond acceptors (Lipinski definition) is 5. The van der Waals surface area contributed by atoms with E-state index < -0.39 is 17.4 Å². The van der Waals surface area contributed by atoms with Gasteiger partial charge in [-0.15, -0.1) is 0 Å². The molecule has 8 heteroatoms. The molecule has 0 aromatic heterocycles. The SMILES string of the molecule is Cc1cc(C(=O)NCC2(F)CCN(C(=O)OC(C)(C)C)CC2)c2c(c1N)CCCO2. The maximum absolute atomic E-state index is 15.3. The second kappa shape index (κ2) is 8.32. The Bertz CT molecular complexity index is 827. The monoisotopic (exact) mass is 421 g/mol. The lowest BCUT2D eigenvalue weighted by atomic mass is 9.93. The summed E-state index contributed by atoms with van der Waals surface area (Å²) in [5.41, 5.74) is 6.69. The predicted molar refractivity (Wildman–Crippen MR) is 113 cm³/mol. The number of likely N-dealkylation sites (tertiary alicyclic amines) is 1. The van der Waals surface area contributed by atoms with Crippen molar-refractivity contribution in [2.45, 2.75) is 64.6 Å². The van der Waals surface area contributed by atoms with Gasteiger partial charge in [0, 0.05) is 37.2 Å². The lowest BCUT2D eigenvalue weighted by molar-refractivity contribution is 0.00338. The Balaban J connectivity index is 1.61. The Morgan fingerprint density at radius 2 is 2.00 bits per heavy atom. The van der Waals surface area contributed by atoms with Crippen LogP contribution in [-0.4, -0.2) is 54.4 Å². The van der Waals surface area contributed by atoms with Crippen LogP contribution in [-0.2, 0) is 11.2 Å². The third kappa shape index (κ3) is 4.96. The smallest absolute Gasteiger partial charge is 0.410 e. The summed E-state index contributed by atoms with van der Waals surface area (Å²) in [5.74, 6) is 0.136. The molecule has 7 nitrogen and oxygen atoms in total. The Morgan fingerprint density at radius 3 is 2.63 bits per heavy atom.